The summed E-state index contributed by atoms with van der Waals surface area (Å²) in [6, 6.07) is 0. The van der Waals surface area contributed by atoms with Crippen molar-refractivity contribution < 1.29 is 4.74 Å². The number of nitrogens with two attached hydrogens (primary N) is 1. The Morgan fingerprint density at radius 3 is 2.62 bits per heavy atom. The summed E-state index contributed by atoms with van der Waals surface area (Å²) in [5, 5.41) is 0. The summed E-state index contributed by atoms with van der Waals surface area (Å²) < 4.78 is 5.49. The Labute approximate surface area is 92.8 Å². The molecule has 0 aromatic carbocycles. The van der Waals surface area contributed by atoms with E-state index in [0.717, 1.165) is 26.2 Å². The van der Waals surface area contributed by atoms with E-state index in [9.17, 15) is 0 Å². The Bertz CT molecular complexity index is 110. The van der Waals surface area contributed by atoms with E-state index in [4.69, 9.17) is 10.5 Å². The number of hydrogen-bond donors (Lipinski definition) is 1. The van der Waals surface area contributed by atoms with Gasteiger partial charge >= 0.3 is 0 Å². The highest BCUT2D eigenvalue weighted by Gasteiger charge is 2.16. The van der Waals surface area contributed by atoms with E-state index in [0.29, 0.717) is 6.10 Å². The van der Waals surface area contributed by atoms with Crippen molar-refractivity contribution in [1.29, 1.82) is 0 Å². The van der Waals surface area contributed by atoms with Gasteiger partial charge in [-0.15, -0.1) is 24.8 Å². The van der Waals surface area contributed by atoms with Crippen molar-refractivity contribution in [2.75, 3.05) is 33.3 Å². The molecule has 0 amide bonds. The zero-order chi connectivity index (χ0) is 8.10. The molecule has 1 rings (SSSR count). The average Bonchev–Trinajstić information content (AvgIpc) is 2.40. The second-order valence-electron chi connectivity index (χ2n) is 3.19. The largest absolute Gasteiger partial charge is 0.377 e. The lowest BCUT2D eigenvalue weighted by Crippen LogP contribution is -2.32. The minimum absolute atomic E-state index is 0. The summed E-state index contributed by atoms with van der Waals surface area (Å²) in [6.45, 7) is 3.70. The molecule has 1 aliphatic rings. The van der Waals surface area contributed by atoms with Gasteiger partial charge in [-0.2, -0.15) is 0 Å². The number of nitrogens with zero attached hydrogens (tertiary/aromatic N) is 1. The molecule has 2 N–H and O–H groups in total. The van der Waals surface area contributed by atoms with Gasteiger partial charge in [0.15, 0.2) is 0 Å². The van der Waals surface area contributed by atoms with E-state index in [1.165, 1.54) is 12.8 Å². The Hall–Kier alpha value is 0.460. The molecule has 3 nitrogen and oxygen atoms in total. The van der Waals surface area contributed by atoms with Crippen LogP contribution in [0.2, 0.25) is 0 Å². The highest BCUT2D eigenvalue weighted by Crippen LogP contribution is 2.12. The topological polar surface area (TPSA) is 38.5 Å². The molecule has 1 heterocycles. The molecule has 1 fully saturated rings. The maximum atomic E-state index is 5.49. The number of hydrogen-bond acceptors (Lipinski definition) is 3. The first-order chi connectivity index (χ1) is 5.33. The van der Waals surface area contributed by atoms with Crippen LogP contribution in [0.15, 0.2) is 0 Å². The van der Waals surface area contributed by atoms with Gasteiger partial charge in [0.1, 0.15) is 0 Å². The molecule has 0 aliphatic carbocycles. The molecule has 1 atom stereocenters. The molecule has 5 heteroatoms. The van der Waals surface area contributed by atoms with Gasteiger partial charge in [0.2, 0.25) is 0 Å². The van der Waals surface area contributed by atoms with Crippen LogP contribution in [0, 0.1) is 0 Å². The van der Waals surface area contributed by atoms with E-state index in [1.54, 1.807) is 0 Å². The fraction of sp³-hybridized carbons (Fsp3) is 1.00. The number of ether oxygens (including phenoxy) is 1. The maximum absolute atomic E-state index is 5.49. The highest BCUT2D eigenvalue weighted by atomic mass is 35.5. The van der Waals surface area contributed by atoms with E-state index in [1.807, 2.05) is 0 Å². The van der Waals surface area contributed by atoms with Crippen LogP contribution < -0.4 is 5.73 Å². The van der Waals surface area contributed by atoms with Crippen molar-refractivity contribution in [3.8, 4) is 0 Å². The van der Waals surface area contributed by atoms with Crippen LogP contribution in [0.5, 0.6) is 0 Å². The van der Waals surface area contributed by atoms with Crippen LogP contribution in [-0.4, -0.2) is 44.3 Å². The Morgan fingerprint density at radius 1 is 1.46 bits per heavy atom. The number of rotatable bonds is 4. The summed E-state index contributed by atoms with van der Waals surface area (Å²) >= 11 is 0. The Morgan fingerprint density at radius 2 is 2.15 bits per heavy atom. The quantitative estimate of drug-likeness (QED) is 0.781. The van der Waals surface area contributed by atoms with E-state index in [2.05, 4.69) is 11.9 Å². The van der Waals surface area contributed by atoms with E-state index in [-0.39, 0.29) is 24.8 Å². The third kappa shape index (κ3) is 6.52. The van der Waals surface area contributed by atoms with Crippen molar-refractivity contribution in [2.24, 2.45) is 5.73 Å². The molecule has 1 saturated heterocycles. The van der Waals surface area contributed by atoms with Crippen LogP contribution >= 0.6 is 24.8 Å². The number of halogens is 2. The van der Waals surface area contributed by atoms with Gasteiger partial charge in [0.25, 0.3) is 0 Å². The monoisotopic (exact) mass is 230 g/mol. The normalized spacial score (nSPS) is 21.0. The molecular weight excluding hydrogens is 211 g/mol. The van der Waals surface area contributed by atoms with Gasteiger partial charge in [-0.25, -0.2) is 0 Å². The lowest BCUT2D eigenvalue weighted by molar-refractivity contribution is 0.0821. The van der Waals surface area contributed by atoms with Crippen molar-refractivity contribution in [1.82, 2.24) is 4.90 Å². The molecule has 0 saturated carbocycles. The summed E-state index contributed by atoms with van der Waals surface area (Å²) in [5.74, 6) is 0. The minimum Gasteiger partial charge on any atom is -0.377 e. The van der Waals surface area contributed by atoms with Crippen molar-refractivity contribution in [3.63, 3.8) is 0 Å². The SMILES string of the molecule is CN(CCN)CC1CCCO1.Cl.Cl. The zero-order valence-electron chi connectivity index (χ0n) is 8.07. The molecule has 0 aromatic rings. The van der Waals surface area contributed by atoms with Gasteiger partial charge in [-0.05, 0) is 19.9 Å². The van der Waals surface area contributed by atoms with Gasteiger partial charge in [0.05, 0.1) is 6.10 Å². The predicted molar refractivity (Wildman–Crippen MR) is 60.0 cm³/mol. The summed E-state index contributed by atoms with van der Waals surface area (Å²) in [6.07, 6.45) is 2.90. The lowest BCUT2D eigenvalue weighted by Gasteiger charge is -2.19. The molecule has 82 valence electrons. The highest BCUT2D eigenvalue weighted by molar-refractivity contribution is 5.85. The van der Waals surface area contributed by atoms with Gasteiger partial charge < -0.3 is 15.4 Å². The van der Waals surface area contributed by atoms with Crippen LogP contribution in [0.4, 0.5) is 0 Å². The van der Waals surface area contributed by atoms with Crippen LogP contribution in [0.25, 0.3) is 0 Å². The predicted octanol–water partition coefficient (Wildman–Crippen LogP) is 0.899. The van der Waals surface area contributed by atoms with E-state index >= 15 is 0 Å². The molecular formula is C8H20Cl2N2O. The van der Waals surface area contributed by atoms with Crippen LogP contribution in [0.1, 0.15) is 12.8 Å². The van der Waals surface area contributed by atoms with E-state index < -0.39 is 0 Å². The summed E-state index contributed by atoms with van der Waals surface area (Å²) in [7, 11) is 2.09. The van der Waals surface area contributed by atoms with Crippen molar-refractivity contribution in [2.45, 2.75) is 18.9 Å². The minimum atomic E-state index is 0. The first-order valence-electron chi connectivity index (χ1n) is 4.33. The zero-order valence-corrected chi connectivity index (χ0v) is 9.70. The van der Waals surface area contributed by atoms with Crippen molar-refractivity contribution >= 4 is 24.8 Å². The van der Waals surface area contributed by atoms with Crippen molar-refractivity contribution in [3.05, 3.63) is 0 Å². The van der Waals surface area contributed by atoms with Gasteiger partial charge in [0, 0.05) is 26.2 Å². The Balaban J connectivity index is 0. The molecule has 1 aliphatic heterocycles. The third-order valence-electron chi connectivity index (χ3n) is 2.05. The standard InChI is InChI=1S/C8H18N2O.2ClH/c1-10(5-4-9)7-8-3-2-6-11-8;;/h8H,2-7,9H2,1H3;2*1H. The lowest BCUT2D eigenvalue weighted by atomic mass is 10.2. The summed E-state index contributed by atoms with van der Waals surface area (Å²) in [4.78, 5) is 2.23. The van der Waals surface area contributed by atoms with Gasteiger partial charge in [-0.3, -0.25) is 0 Å². The first-order valence-corrected chi connectivity index (χ1v) is 4.33. The number of likely N-dealkylation sites (N-methyl/N-ethyl adjacent to an activating group) is 1. The second kappa shape index (κ2) is 9.03. The fourth-order valence-corrected chi connectivity index (χ4v) is 1.45. The molecule has 0 bridgehead atoms. The van der Waals surface area contributed by atoms with Gasteiger partial charge in [-0.1, -0.05) is 0 Å². The first kappa shape index (κ1) is 15.9. The molecule has 0 aromatic heterocycles. The molecule has 1 unspecified atom stereocenters. The molecule has 0 radical (unpaired) electrons. The summed E-state index contributed by atoms with van der Waals surface area (Å²) in [5.41, 5.74) is 5.42. The second-order valence-corrected chi connectivity index (χ2v) is 3.19. The molecule has 0 spiro atoms. The third-order valence-corrected chi connectivity index (χ3v) is 2.05. The maximum Gasteiger partial charge on any atom is 0.0702 e. The smallest absolute Gasteiger partial charge is 0.0702 e. The Kier molecular flexibility index (Phi) is 11.1. The fourth-order valence-electron chi connectivity index (χ4n) is 1.45. The molecule has 13 heavy (non-hydrogen) atoms. The average molecular weight is 231 g/mol. The van der Waals surface area contributed by atoms with Crippen LogP contribution in [0.3, 0.4) is 0 Å². The van der Waals surface area contributed by atoms with Crippen LogP contribution in [-0.2, 0) is 4.74 Å².